The normalized spacial score (nSPS) is 21.4. The Bertz CT molecular complexity index is 1090. The van der Waals surface area contributed by atoms with Crippen LogP contribution in [0.15, 0.2) is 23.2 Å². The number of amidine groups is 1. The molecule has 0 bridgehead atoms. The van der Waals surface area contributed by atoms with E-state index in [1.54, 1.807) is 25.1 Å². The van der Waals surface area contributed by atoms with Crippen molar-refractivity contribution < 1.29 is 22.8 Å². The first-order valence-corrected chi connectivity index (χ1v) is 11.8. The van der Waals surface area contributed by atoms with Crippen molar-refractivity contribution in [3.8, 4) is 0 Å². The molecule has 0 aliphatic carbocycles. The summed E-state index contributed by atoms with van der Waals surface area (Å²) >= 11 is 0. The number of anilines is 1. The predicted molar refractivity (Wildman–Crippen MR) is 114 cm³/mol. The number of nitrogens with one attached hydrogen (secondary N) is 2. The number of carbonyl (C=O) groups excluding carboxylic acids is 3. The van der Waals surface area contributed by atoms with Crippen molar-refractivity contribution in [1.82, 2.24) is 14.9 Å². The summed E-state index contributed by atoms with van der Waals surface area (Å²) in [6.45, 7) is 4.09. The van der Waals surface area contributed by atoms with Gasteiger partial charge < -0.3 is 5.32 Å². The number of aryl methyl sites for hydroxylation is 2. The Labute approximate surface area is 180 Å². The summed E-state index contributed by atoms with van der Waals surface area (Å²) in [5.41, 5.74) is 1.48. The van der Waals surface area contributed by atoms with Crippen LogP contribution in [0.4, 0.5) is 10.5 Å². The van der Waals surface area contributed by atoms with Gasteiger partial charge in [0, 0.05) is 18.8 Å². The highest BCUT2D eigenvalue weighted by Gasteiger charge is 2.46. The van der Waals surface area contributed by atoms with Crippen molar-refractivity contribution in [3.05, 3.63) is 29.3 Å². The molecule has 2 fully saturated rings. The first kappa shape index (κ1) is 21.4. The number of urea groups is 1. The third-order valence-corrected chi connectivity index (χ3v) is 7.97. The van der Waals surface area contributed by atoms with Crippen LogP contribution in [0.1, 0.15) is 30.9 Å². The maximum absolute atomic E-state index is 12.9. The fourth-order valence-electron chi connectivity index (χ4n) is 4.30. The highest BCUT2D eigenvalue weighted by molar-refractivity contribution is 7.89. The molecule has 3 heterocycles. The first-order valence-electron chi connectivity index (χ1n) is 10.2. The van der Waals surface area contributed by atoms with Crippen molar-refractivity contribution in [3.63, 3.8) is 0 Å². The molecule has 4 rings (SSSR count). The molecule has 0 unspecified atom stereocenters. The number of amides is 4. The van der Waals surface area contributed by atoms with Crippen molar-refractivity contribution in [1.29, 1.82) is 0 Å². The number of carbonyl (C=O) groups is 3. The molecule has 0 radical (unpaired) electrons. The Hall–Kier alpha value is -2.79. The van der Waals surface area contributed by atoms with Gasteiger partial charge in [0.25, 0.3) is 5.91 Å². The van der Waals surface area contributed by atoms with E-state index in [9.17, 15) is 22.8 Å². The number of hydrogen-bond donors (Lipinski definition) is 2. The molecule has 31 heavy (non-hydrogen) atoms. The van der Waals surface area contributed by atoms with Gasteiger partial charge in [0.05, 0.1) is 5.75 Å². The Kier molecular flexibility index (Phi) is 5.34. The van der Waals surface area contributed by atoms with Crippen molar-refractivity contribution in [2.45, 2.75) is 38.6 Å². The summed E-state index contributed by atoms with van der Waals surface area (Å²) in [4.78, 5) is 41.2. The van der Waals surface area contributed by atoms with Crippen LogP contribution in [-0.2, 0) is 26.0 Å². The Morgan fingerprint density at radius 2 is 1.81 bits per heavy atom. The zero-order chi connectivity index (χ0) is 22.4. The van der Waals surface area contributed by atoms with Crippen LogP contribution >= 0.6 is 0 Å². The van der Waals surface area contributed by atoms with Crippen molar-refractivity contribution in [2.24, 2.45) is 4.99 Å². The summed E-state index contributed by atoms with van der Waals surface area (Å²) in [6.07, 6.45) is 1.08. The number of piperidine rings is 1. The Morgan fingerprint density at radius 1 is 1.10 bits per heavy atom. The molecule has 3 aliphatic rings. The summed E-state index contributed by atoms with van der Waals surface area (Å²) < 4.78 is 27.2. The summed E-state index contributed by atoms with van der Waals surface area (Å²) in [5, 5.41) is 4.94. The monoisotopic (exact) mass is 447 g/mol. The molecule has 1 spiro atoms. The summed E-state index contributed by atoms with van der Waals surface area (Å²) in [6, 6.07) is 4.83. The average Bonchev–Trinajstić information content (AvgIpc) is 3.18. The molecule has 166 valence electrons. The van der Waals surface area contributed by atoms with Crippen LogP contribution < -0.4 is 15.5 Å². The average molecular weight is 448 g/mol. The van der Waals surface area contributed by atoms with Gasteiger partial charge in [-0.2, -0.15) is 0 Å². The second-order valence-corrected chi connectivity index (χ2v) is 10.3. The number of rotatable bonds is 5. The van der Waals surface area contributed by atoms with Crippen LogP contribution in [0.3, 0.4) is 0 Å². The Balaban J connectivity index is 1.38. The molecule has 0 saturated carbocycles. The third kappa shape index (κ3) is 4.07. The predicted octanol–water partition coefficient (Wildman–Crippen LogP) is 0.306. The largest absolute Gasteiger partial charge is 0.329 e. The maximum atomic E-state index is 12.9. The second kappa shape index (κ2) is 7.72. The van der Waals surface area contributed by atoms with Gasteiger partial charge in [-0.15, -0.1) is 0 Å². The van der Waals surface area contributed by atoms with Gasteiger partial charge in [0.15, 0.2) is 0 Å². The van der Waals surface area contributed by atoms with Gasteiger partial charge in [-0.05, 0) is 56.4 Å². The van der Waals surface area contributed by atoms with Crippen LogP contribution in [0.2, 0.25) is 0 Å². The summed E-state index contributed by atoms with van der Waals surface area (Å²) in [7, 11) is -3.48. The SMILES string of the molecule is CC1=NC2(CCN(S(=O)(=O)CCc3ccc(N4CC(=O)NC4=O)cc3C)CC2)C(=O)N1. The Morgan fingerprint density at radius 3 is 2.35 bits per heavy atom. The summed E-state index contributed by atoms with van der Waals surface area (Å²) in [5.74, 6) is 0.0383. The van der Waals surface area contributed by atoms with Gasteiger partial charge in [0.2, 0.25) is 15.9 Å². The van der Waals surface area contributed by atoms with E-state index < -0.39 is 21.6 Å². The highest BCUT2D eigenvalue weighted by atomic mass is 32.2. The lowest BCUT2D eigenvalue weighted by Gasteiger charge is -2.34. The zero-order valence-electron chi connectivity index (χ0n) is 17.5. The van der Waals surface area contributed by atoms with E-state index in [0.717, 1.165) is 11.1 Å². The van der Waals surface area contributed by atoms with E-state index in [2.05, 4.69) is 15.6 Å². The molecule has 2 saturated heterocycles. The van der Waals surface area contributed by atoms with Crippen LogP contribution in [0.5, 0.6) is 0 Å². The first-order chi connectivity index (χ1) is 14.6. The molecule has 10 nitrogen and oxygen atoms in total. The second-order valence-electron chi connectivity index (χ2n) is 8.20. The fourth-order valence-corrected chi connectivity index (χ4v) is 5.78. The number of hydrogen-bond acceptors (Lipinski definition) is 6. The smallest absolute Gasteiger partial charge is 0.313 e. The molecule has 2 N–H and O–H groups in total. The number of aliphatic imine (C=N–C) groups is 1. The lowest BCUT2D eigenvalue weighted by molar-refractivity contribution is -0.125. The topological polar surface area (TPSA) is 128 Å². The molecule has 11 heteroatoms. The standard InChI is InChI=1S/C20H25N5O5S/c1-13-11-16(25-12-17(26)22-19(25)28)4-3-15(13)5-10-31(29,30)24-8-6-20(7-9-24)18(27)21-14(2)23-20/h3-4,11H,5-10,12H2,1-2H3,(H,21,23,27)(H,22,26,28). The molecular formula is C20H25N5O5S. The van der Waals surface area contributed by atoms with Gasteiger partial charge in [-0.3, -0.25) is 24.8 Å². The molecule has 0 aromatic heterocycles. The third-order valence-electron chi connectivity index (χ3n) is 6.10. The molecule has 0 atom stereocenters. The minimum Gasteiger partial charge on any atom is -0.313 e. The molecular weight excluding hydrogens is 422 g/mol. The van der Waals surface area contributed by atoms with Crippen molar-refractivity contribution >= 4 is 39.4 Å². The van der Waals surface area contributed by atoms with Crippen LogP contribution in [-0.4, -0.2) is 67.3 Å². The van der Waals surface area contributed by atoms with Gasteiger partial charge >= 0.3 is 6.03 Å². The number of sulfonamides is 1. The fraction of sp³-hybridized carbons (Fsp3) is 0.500. The molecule has 1 aromatic rings. The van der Waals surface area contributed by atoms with Crippen LogP contribution in [0, 0.1) is 6.92 Å². The maximum Gasteiger partial charge on any atom is 0.329 e. The van der Waals surface area contributed by atoms with E-state index >= 15 is 0 Å². The van der Waals surface area contributed by atoms with Gasteiger partial charge in [-0.1, -0.05) is 6.07 Å². The lowest BCUT2D eigenvalue weighted by atomic mass is 9.89. The number of imide groups is 1. The lowest BCUT2D eigenvalue weighted by Crippen LogP contribution is -2.50. The van der Waals surface area contributed by atoms with E-state index in [4.69, 9.17) is 0 Å². The van der Waals surface area contributed by atoms with Gasteiger partial charge in [-0.25, -0.2) is 17.5 Å². The minimum atomic E-state index is -3.48. The van der Waals surface area contributed by atoms with E-state index in [1.807, 2.05) is 6.92 Å². The van der Waals surface area contributed by atoms with E-state index in [1.165, 1.54) is 9.21 Å². The molecule has 3 aliphatic heterocycles. The van der Waals surface area contributed by atoms with E-state index in [0.29, 0.717) is 30.8 Å². The van der Waals surface area contributed by atoms with Gasteiger partial charge in [0.1, 0.15) is 17.9 Å². The quantitative estimate of drug-likeness (QED) is 0.628. The number of benzene rings is 1. The highest BCUT2D eigenvalue weighted by Crippen LogP contribution is 2.31. The zero-order valence-corrected chi connectivity index (χ0v) is 18.3. The van der Waals surface area contributed by atoms with Crippen molar-refractivity contribution in [2.75, 3.05) is 30.3 Å². The number of nitrogens with zero attached hydrogens (tertiary/aromatic N) is 3. The minimum absolute atomic E-state index is 0.0238. The van der Waals surface area contributed by atoms with E-state index in [-0.39, 0.29) is 37.2 Å². The van der Waals surface area contributed by atoms with Crippen LogP contribution in [0.25, 0.3) is 0 Å². The molecule has 4 amide bonds. The molecule has 1 aromatic carbocycles.